The van der Waals surface area contributed by atoms with E-state index in [0.29, 0.717) is 52.6 Å². The number of hydrogen-bond donors (Lipinski definition) is 1. The van der Waals surface area contributed by atoms with Gasteiger partial charge in [-0.2, -0.15) is 4.98 Å². The normalized spacial score (nSPS) is 23.5. The number of fused-ring (bicyclic) bond motifs is 1. The topological polar surface area (TPSA) is 133 Å². The van der Waals surface area contributed by atoms with E-state index in [-0.39, 0.29) is 43.2 Å². The fraction of sp³-hybridized carbons (Fsp3) is 0.514. The molecule has 1 N–H and O–H groups in total. The van der Waals surface area contributed by atoms with E-state index in [1.54, 1.807) is 32.1 Å². The Balaban J connectivity index is 1.50. The number of carbonyl (C=O) groups excluding carboxylic acids is 3. The van der Waals surface area contributed by atoms with Crippen molar-refractivity contribution in [1.82, 2.24) is 25.2 Å². The highest BCUT2D eigenvalue weighted by Gasteiger charge is 2.64. The monoisotopic (exact) mass is 689 g/mol. The highest BCUT2D eigenvalue weighted by Crippen LogP contribution is 2.49. The van der Waals surface area contributed by atoms with Gasteiger partial charge in [0, 0.05) is 36.9 Å². The molecule has 262 valence electrons. The van der Waals surface area contributed by atoms with E-state index in [1.165, 1.54) is 11.3 Å². The molecular formula is C37H47N5O6S. The van der Waals surface area contributed by atoms with Crippen molar-refractivity contribution in [2.45, 2.75) is 89.8 Å². The first-order chi connectivity index (χ1) is 23.4. The zero-order chi connectivity index (χ0) is 35.5. The van der Waals surface area contributed by atoms with Crippen LogP contribution in [0, 0.1) is 11.3 Å². The minimum Gasteiger partial charge on any atom is -0.497 e. The van der Waals surface area contributed by atoms with Crippen LogP contribution in [0.15, 0.2) is 48.9 Å². The Bertz CT molecular complexity index is 1740. The molecule has 2 saturated carbocycles. The van der Waals surface area contributed by atoms with Crippen LogP contribution in [0.4, 0.5) is 0 Å². The summed E-state index contributed by atoms with van der Waals surface area (Å²) in [6, 6.07) is 5.33. The molecule has 0 bridgehead atoms. The highest BCUT2D eigenvalue weighted by atomic mass is 32.1. The van der Waals surface area contributed by atoms with Gasteiger partial charge in [-0.15, -0.1) is 24.5 Å². The number of methoxy groups -OCH3 is 1. The first kappa shape index (κ1) is 36.0. The first-order valence-corrected chi connectivity index (χ1v) is 17.8. The molecule has 11 nitrogen and oxygen atoms in total. The number of amides is 2. The average molecular weight is 690 g/mol. The summed E-state index contributed by atoms with van der Waals surface area (Å²) in [5.41, 5.74) is -1.15. The predicted molar refractivity (Wildman–Crippen MR) is 189 cm³/mol. The molecule has 2 aliphatic rings. The van der Waals surface area contributed by atoms with E-state index in [2.05, 4.69) is 32.3 Å². The summed E-state index contributed by atoms with van der Waals surface area (Å²) in [6.07, 6.45) is 5.46. The zero-order valence-electron chi connectivity index (χ0n) is 29.3. The predicted octanol–water partition coefficient (Wildman–Crippen LogP) is 6.24. The highest BCUT2D eigenvalue weighted by molar-refractivity contribution is 7.13. The molecule has 49 heavy (non-hydrogen) atoms. The number of rotatable bonds is 15. The lowest BCUT2D eigenvalue weighted by Crippen LogP contribution is -2.57. The lowest BCUT2D eigenvalue weighted by molar-refractivity contribution is -0.156. The largest absolute Gasteiger partial charge is 0.497 e. The SMILES string of the molecule is C=CCCC(C)N(C)C(=O)C1(C(=O)NC2(C(=O)OCC)CC2C=C)CCC(Oc2nc(-c3nc(C(C)C)cs3)nc3cc(OC)ccc23)C1. The van der Waals surface area contributed by atoms with Gasteiger partial charge in [0.15, 0.2) is 10.8 Å². The van der Waals surface area contributed by atoms with E-state index in [4.69, 9.17) is 29.2 Å². The number of esters is 1. The van der Waals surface area contributed by atoms with E-state index in [0.717, 1.165) is 12.1 Å². The van der Waals surface area contributed by atoms with Crippen molar-refractivity contribution >= 4 is 40.0 Å². The Hall–Kier alpha value is -4.32. The number of nitrogens with zero attached hydrogens (tertiary/aromatic N) is 4. The number of nitrogens with one attached hydrogen (secondary N) is 1. The van der Waals surface area contributed by atoms with Crippen LogP contribution in [0.1, 0.15) is 77.8 Å². The van der Waals surface area contributed by atoms with Crippen molar-refractivity contribution in [1.29, 1.82) is 0 Å². The van der Waals surface area contributed by atoms with Crippen LogP contribution in [0.5, 0.6) is 11.6 Å². The maximum Gasteiger partial charge on any atom is 0.332 e. The van der Waals surface area contributed by atoms with Crippen molar-refractivity contribution in [3.63, 3.8) is 0 Å². The quantitative estimate of drug-likeness (QED) is 0.112. The van der Waals surface area contributed by atoms with Gasteiger partial charge in [0.2, 0.25) is 17.7 Å². The van der Waals surface area contributed by atoms with Crippen molar-refractivity contribution in [3.05, 3.63) is 54.6 Å². The van der Waals surface area contributed by atoms with Crippen LogP contribution in [0.25, 0.3) is 21.7 Å². The van der Waals surface area contributed by atoms with Crippen LogP contribution in [-0.4, -0.2) is 76.1 Å². The molecule has 0 spiro atoms. The standard InChI is InChI=1S/C37H47N5O6S/c1-9-12-13-23(6)42(7)34(44)36(33(43)41-37(19-24(37)10-2)35(45)47-11-3)17-16-26(20-36)48-31-27-15-14-25(46-8)18-28(27)38-30(40-31)32-39-29(21-49-32)22(4)5/h9-10,14-15,18,21-24,26H,1-2,11-13,16-17,19-20H2,3-8H3,(H,41,43). The van der Waals surface area contributed by atoms with Crippen molar-refractivity contribution < 1.29 is 28.6 Å². The Morgan fingerprint density at radius 2 is 1.94 bits per heavy atom. The summed E-state index contributed by atoms with van der Waals surface area (Å²) in [5.74, 6) is 0.00106. The van der Waals surface area contributed by atoms with E-state index < -0.39 is 28.9 Å². The lowest BCUT2D eigenvalue weighted by atomic mass is 9.82. The molecule has 5 rings (SSSR count). The molecule has 0 radical (unpaired) electrons. The minimum absolute atomic E-state index is 0.0968. The van der Waals surface area contributed by atoms with Gasteiger partial charge in [-0.1, -0.05) is 26.0 Å². The molecule has 2 aliphatic carbocycles. The van der Waals surface area contributed by atoms with E-state index in [1.807, 2.05) is 36.6 Å². The fourth-order valence-electron chi connectivity index (χ4n) is 6.48. The second-order valence-electron chi connectivity index (χ2n) is 13.4. The first-order valence-electron chi connectivity index (χ1n) is 16.9. The maximum atomic E-state index is 14.4. The third kappa shape index (κ3) is 7.06. The summed E-state index contributed by atoms with van der Waals surface area (Å²) < 4.78 is 17.4. The lowest BCUT2D eigenvalue weighted by Gasteiger charge is -2.35. The molecule has 2 amide bonds. The summed E-state index contributed by atoms with van der Waals surface area (Å²) in [7, 11) is 3.32. The molecule has 2 aromatic heterocycles. The van der Waals surface area contributed by atoms with Gasteiger partial charge in [-0.3, -0.25) is 9.59 Å². The summed E-state index contributed by atoms with van der Waals surface area (Å²) in [4.78, 5) is 58.0. The van der Waals surface area contributed by atoms with E-state index in [9.17, 15) is 14.4 Å². The van der Waals surface area contributed by atoms with Gasteiger partial charge in [0.25, 0.3) is 0 Å². The van der Waals surface area contributed by atoms with Gasteiger partial charge in [-0.05, 0) is 64.0 Å². The average Bonchev–Trinajstić information content (AvgIpc) is 3.38. The van der Waals surface area contributed by atoms with Crippen LogP contribution in [0.2, 0.25) is 0 Å². The Kier molecular flexibility index (Phi) is 10.8. The van der Waals surface area contributed by atoms with Gasteiger partial charge in [-0.25, -0.2) is 14.8 Å². The molecular weight excluding hydrogens is 643 g/mol. The molecule has 0 saturated heterocycles. The number of hydrogen-bond acceptors (Lipinski definition) is 10. The molecule has 2 heterocycles. The van der Waals surface area contributed by atoms with Crippen LogP contribution >= 0.6 is 11.3 Å². The number of ether oxygens (including phenoxy) is 3. The Morgan fingerprint density at radius 1 is 1.16 bits per heavy atom. The summed E-state index contributed by atoms with van der Waals surface area (Å²) >= 11 is 1.46. The molecule has 1 aromatic carbocycles. The number of benzene rings is 1. The van der Waals surface area contributed by atoms with Crippen molar-refractivity contribution in [2.75, 3.05) is 20.8 Å². The minimum atomic E-state index is -1.48. The van der Waals surface area contributed by atoms with Gasteiger partial charge in [0.05, 0.1) is 30.3 Å². The number of thiazole rings is 1. The number of aromatic nitrogens is 3. The van der Waals surface area contributed by atoms with E-state index >= 15 is 0 Å². The number of carbonyl (C=O) groups is 3. The van der Waals surface area contributed by atoms with Crippen LogP contribution in [-0.2, 0) is 19.1 Å². The van der Waals surface area contributed by atoms with Gasteiger partial charge in [0.1, 0.15) is 22.8 Å². The molecule has 5 unspecified atom stereocenters. The zero-order valence-corrected chi connectivity index (χ0v) is 30.1. The summed E-state index contributed by atoms with van der Waals surface area (Å²) in [6.45, 7) is 15.7. The smallest absolute Gasteiger partial charge is 0.332 e. The van der Waals surface area contributed by atoms with Gasteiger partial charge >= 0.3 is 5.97 Å². The number of allylic oxidation sites excluding steroid dienone is 1. The maximum absolute atomic E-state index is 14.4. The second kappa shape index (κ2) is 14.7. The molecule has 5 atom stereocenters. The van der Waals surface area contributed by atoms with Gasteiger partial charge < -0.3 is 24.4 Å². The molecule has 2 fully saturated rings. The second-order valence-corrected chi connectivity index (χ2v) is 14.2. The summed E-state index contributed by atoms with van der Waals surface area (Å²) in [5, 5.41) is 6.30. The fourth-order valence-corrected chi connectivity index (χ4v) is 7.39. The van der Waals surface area contributed by atoms with Crippen molar-refractivity contribution in [3.8, 4) is 22.5 Å². The Labute approximate surface area is 292 Å². The third-order valence-corrected chi connectivity index (χ3v) is 10.7. The molecule has 12 heteroatoms. The van der Waals surface area contributed by atoms with Crippen LogP contribution in [0.3, 0.4) is 0 Å². The van der Waals surface area contributed by atoms with Crippen LogP contribution < -0.4 is 14.8 Å². The van der Waals surface area contributed by atoms with Crippen molar-refractivity contribution in [2.24, 2.45) is 11.3 Å². The molecule has 3 aromatic rings. The molecule has 0 aliphatic heterocycles. The third-order valence-electron chi connectivity index (χ3n) is 9.81. The Morgan fingerprint density at radius 3 is 2.57 bits per heavy atom.